The van der Waals surface area contributed by atoms with E-state index in [2.05, 4.69) is 13.5 Å². The Labute approximate surface area is 104 Å². The van der Waals surface area contributed by atoms with Gasteiger partial charge in [-0.2, -0.15) is 0 Å². The van der Waals surface area contributed by atoms with E-state index in [0.29, 0.717) is 0 Å². The van der Waals surface area contributed by atoms with Crippen LogP contribution >= 0.6 is 0 Å². The number of benzene rings is 1. The Bertz CT molecular complexity index is 354. The summed E-state index contributed by atoms with van der Waals surface area (Å²) >= 11 is 0. The first-order valence-electron chi connectivity index (χ1n) is 6.08. The van der Waals surface area contributed by atoms with Crippen LogP contribution in [0.15, 0.2) is 30.8 Å². The number of ether oxygens (including phenoxy) is 2. The molecule has 0 fully saturated rings. The fraction of sp³-hybridized carbons (Fsp3) is 0.467. The highest BCUT2D eigenvalue weighted by molar-refractivity contribution is 5.48. The fourth-order valence-corrected chi connectivity index (χ4v) is 1.60. The van der Waals surface area contributed by atoms with Crippen molar-refractivity contribution >= 4 is 6.08 Å². The smallest absolute Gasteiger partial charge is 0.207 e. The van der Waals surface area contributed by atoms with E-state index < -0.39 is 5.79 Å². The van der Waals surface area contributed by atoms with Crippen molar-refractivity contribution in [3.8, 4) is 5.75 Å². The first-order valence-corrected chi connectivity index (χ1v) is 6.08. The number of hydrogen-bond donors (Lipinski definition) is 0. The lowest BCUT2D eigenvalue weighted by Gasteiger charge is -2.31. The largest absolute Gasteiger partial charge is 0.463 e. The van der Waals surface area contributed by atoms with Crippen molar-refractivity contribution in [2.75, 3.05) is 0 Å². The molecule has 2 heteroatoms. The molecule has 0 aliphatic carbocycles. The standard InChI is InChI=1S/C15H22O2/c1-6-13-8-10-14(11-9-13)17-15(5,7-2)16-12(3)4/h6,8-12H,1,7H2,2-5H3. The van der Waals surface area contributed by atoms with Crippen LogP contribution in [-0.2, 0) is 4.74 Å². The maximum atomic E-state index is 5.90. The molecule has 0 amide bonds. The molecule has 0 heterocycles. The van der Waals surface area contributed by atoms with Gasteiger partial charge in [-0.25, -0.2) is 0 Å². The first kappa shape index (κ1) is 13.8. The second-order valence-corrected chi connectivity index (χ2v) is 4.53. The summed E-state index contributed by atoms with van der Waals surface area (Å²) in [4.78, 5) is 0. The van der Waals surface area contributed by atoms with Crippen molar-refractivity contribution in [1.82, 2.24) is 0 Å². The number of hydrogen-bond acceptors (Lipinski definition) is 2. The topological polar surface area (TPSA) is 18.5 Å². The average molecular weight is 234 g/mol. The van der Waals surface area contributed by atoms with Crippen molar-refractivity contribution in [3.63, 3.8) is 0 Å². The van der Waals surface area contributed by atoms with Gasteiger partial charge in [0.25, 0.3) is 0 Å². The molecular formula is C15H22O2. The lowest BCUT2D eigenvalue weighted by molar-refractivity contribution is -0.193. The van der Waals surface area contributed by atoms with Crippen molar-refractivity contribution in [2.24, 2.45) is 0 Å². The van der Waals surface area contributed by atoms with E-state index in [-0.39, 0.29) is 6.10 Å². The van der Waals surface area contributed by atoms with Gasteiger partial charge in [0.05, 0.1) is 6.10 Å². The van der Waals surface area contributed by atoms with Gasteiger partial charge < -0.3 is 9.47 Å². The normalized spacial score (nSPS) is 14.4. The first-order chi connectivity index (χ1) is 7.99. The third-order valence-corrected chi connectivity index (χ3v) is 2.58. The van der Waals surface area contributed by atoms with Crippen LogP contribution in [0.25, 0.3) is 6.08 Å². The van der Waals surface area contributed by atoms with Gasteiger partial charge in [-0.15, -0.1) is 0 Å². The molecule has 2 nitrogen and oxygen atoms in total. The zero-order valence-electron chi connectivity index (χ0n) is 11.2. The third-order valence-electron chi connectivity index (χ3n) is 2.58. The second-order valence-electron chi connectivity index (χ2n) is 4.53. The maximum Gasteiger partial charge on any atom is 0.207 e. The molecule has 1 aromatic rings. The summed E-state index contributed by atoms with van der Waals surface area (Å²) < 4.78 is 11.7. The van der Waals surface area contributed by atoms with Crippen LogP contribution in [0.4, 0.5) is 0 Å². The van der Waals surface area contributed by atoms with Crippen LogP contribution in [0.3, 0.4) is 0 Å². The van der Waals surface area contributed by atoms with Crippen LogP contribution in [0, 0.1) is 0 Å². The van der Waals surface area contributed by atoms with E-state index in [1.807, 2.05) is 51.1 Å². The zero-order chi connectivity index (χ0) is 12.9. The highest BCUT2D eigenvalue weighted by Gasteiger charge is 2.26. The van der Waals surface area contributed by atoms with Crippen LogP contribution in [0.2, 0.25) is 0 Å². The molecule has 0 bridgehead atoms. The molecule has 0 aliphatic heterocycles. The summed E-state index contributed by atoms with van der Waals surface area (Å²) in [5.74, 6) is 0.254. The monoisotopic (exact) mass is 234 g/mol. The molecule has 0 N–H and O–H groups in total. The summed E-state index contributed by atoms with van der Waals surface area (Å²) in [6.07, 6.45) is 2.76. The van der Waals surface area contributed by atoms with E-state index in [0.717, 1.165) is 17.7 Å². The summed E-state index contributed by atoms with van der Waals surface area (Å²) in [5.41, 5.74) is 1.08. The Balaban J connectivity index is 2.75. The van der Waals surface area contributed by atoms with Crippen LogP contribution in [0.1, 0.15) is 39.7 Å². The molecule has 17 heavy (non-hydrogen) atoms. The Kier molecular flexibility index (Phi) is 4.76. The molecule has 1 atom stereocenters. The van der Waals surface area contributed by atoms with E-state index >= 15 is 0 Å². The quantitative estimate of drug-likeness (QED) is 0.685. The molecule has 94 valence electrons. The highest BCUT2D eigenvalue weighted by Crippen LogP contribution is 2.24. The molecule has 0 aliphatic rings. The van der Waals surface area contributed by atoms with E-state index in [1.54, 1.807) is 0 Å². The Morgan fingerprint density at radius 2 is 1.88 bits per heavy atom. The molecular weight excluding hydrogens is 212 g/mol. The Morgan fingerprint density at radius 3 is 2.29 bits per heavy atom. The SMILES string of the molecule is C=Cc1ccc(OC(C)(CC)OC(C)C)cc1. The van der Waals surface area contributed by atoms with Gasteiger partial charge in [0.1, 0.15) is 5.75 Å². The van der Waals surface area contributed by atoms with Crippen molar-refractivity contribution in [2.45, 2.75) is 46.0 Å². The fourth-order valence-electron chi connectivity index (χ4n) is 1.60. The minimum Gasteiger partial charge on any atom is -0.463 e. The predicted octanol–water partition coefficient (Wildman–Crippen LogP) is 4.26. The molecule has 0 saturated carbocycles. The van der Waals surface area contributed by atoms with Crippen LogP contribution in [0.5, 0.6) is 5.75 Å². The molecule has 1 rings (SSSR count). The van der Waals surface area contributed by atoms with Gasteiger partial charge in [-0.1, -0.05) is 31.7 Å². The van der Waals surface area contributed by atoms with Gasteiger partial charge in [0.2, 0.25) is 5.79 Å². The molecule has 1 unspecified atom stereocenters. The van der Waals surface area contributed by atoms with E-state index in [1.165, 1.54) is 0 Å². The number of rotatable bonds is 6. The summed E-state index contributed by atoms with van der Waals surface area (Å²) in [5, 5.41) is 0. The lowest BCUT2D eigenvalue weighted by Crippen LogP contribution is -2.37. The lowest BCUT2D eigenvalue weighted by atomic mass is 10.2. The molecule has 0 radical (unpaired) electrons. The Morgan fingerprint density at radius 1 is 1.29 bits per heavy atom. The third kappa shape index (κ3) is 4.23. The van der Waals surface area contributed by atoms with E-state index in [4.69, 9.17) is 9.47 Å². The van der Waals surface area contributed by atoms with Gasteiger partial charge in [0, 0.05) is 13.3 Å². The van der Waals surface area contributed by atoms with E-state index in [9.17, 15) is 0 Å². The zero-order valence-corrected chi connectivity index (χ0v) is 11.2. The summed E-state index contributed by atoms with van der Waals surface area (Å²) in [6, 6.07) is 7.84. The van der Waals surface area contributed by atoms with Crippen molar-refractivity contribution in [1.29, 1.82) is 0 Å². The predicted molar refractivity (Wildman–Crippen MR) is 72.1 cm³/mol. The van der Waals surface area contributed by atoms with Gasteiger partial charge in [-0.3, -0.25) is 0 Å². The summed E-state index contributed by atoms with van der Waals surface area (Å²) in [7, 11) is 0. The average Bonchev–Trinajstić information content (AvgIpc) is 2.29. The molecule has 0 saturated heterocycles. The van der Waals surface area contributed by atoms with Crippen molar-refractivity contribution in [3.05, 3.63) is 36.4 Å². The molecule has 1 aromatic carbocycles. The minimum atomic E-state index is -0.566. The van der Waals surface area contributed by atoms with Gasteiger partial charge in [-0.05, 0) is 31.5 Å². The molecule has 0 spiro atoms. The second kappa shape index (κ2) is 5.87. The van der Waals surface area contributed by atoms with Gasteiger partial charge >= 0.3 is 0 Å². The molecule has 0 aromatic heterocycles. The van der Waals surface area contributed by atoms with Crippen LogP contribution < -0.4 is 4.74 Å². The van der Waals surface area contributed by atoms with Crippen molar-refractivity contribution < 1.29 is 9.47 Å². The van der Waals surface area contributed by atoms with Gasteiger partial charge in [0.15, 0.2) is 0 Å². The Hall–Kier alpha value is -1.28. The maximum absolute atomic E-state index is 5.90. The van der Waals surface area contributed by atoms with Crippen LogP contribution in [-0.4, -0.2) is 11.9 Å². The summed E-state index contributed by atoms with van der Waals surface area (Å²) in [6.45, 7) is 11.8. The highest BCUT2D eigenvalue weighted by atomic mass is 16.7. The minimum absolute atomic E-state index is 0.146.